The van der Waals surface area contributed by atoms with Crippen LogP contribution in [0.2, 0.25) is 0 Å². The minimum atomic E-state index is 0.452. The molecule has 106 valence electrons. The van der Waals surface area contributed by atoms with E-state index in [9.17, 15) is 0 Å². The minimum absolute atomic E-state index is 0.452. The third-order valence-corrected chi connectivity index (χ3v) is 4.18. The molecule has 1 aliphatic carbocycles. The Hall–Kier alpha value is -1.06. The van der Waals surface area contributed by atoms with Gasteiger partial charge < -0.3 is 15.8 Å². The van der Waals surface area contributed by atoms with Crippen LogP contribution in [0.25, 0.3) is 0 Å². The largest absolute Gasteiger partial charge is 0.496 e. The minimum Gasteiger partial charge on any atom is -0.496 e. The summed E-state index contributed by atoms with van der Waals surface area (Å²) in [4.78, 5) is 0. The Bertz CT molecular complexity index is 394. The molecule has 3 atom stereocenters. The molecule has 0 radical (unpaired) electrons. The lowest BCUT2D eigenvalue weighted by Crippen LogP contribution is -2.42. The van der Waals surface area contributed by atoms with E-state index in [4.69, 9.17) is 10.5 Å². The molecule has 3 nitrogen and oxygen atoms in total. The van der Waals surface area contributed by atoms with Gasteiger partial charge in [0.05, 0.1) is 7.11 Å². The lowest BCUT2D eigenvalue weighted by molar-refractivity contribution is 0.363. The van der Waals surface area contributed by atoms with Gasteiger partial charge in [-0.2, -0.15) is 0 Å². The predicted octanol–water partition coefficient (Wildman–Crippen LogP) is 2.34. The Kier molecular flexibility index (Phi) is 5.23. The zero-order valence-corrected chi connectivity index (χ0v) is 12.1. The third-order valence-electron chi connectivity index (χ3n) is 4.18. The van der Waals surface area contributed by atoms with Gasteiger partial charge in [0.1, 0.15) is 5.75 Å². The summed E-state index contributed by atoms with van der Waals surface area (Å²) < 4.78 is 5.41. The molecular formula is C16H26N2O. The second-order valence-electron chi connectivity index (χ2n) is 5.62. The van der Waals surface area contributed by atoms with E-state index in [0.29, 0.717) is 18.0 Å². The van der Waals surface area contributed by atoms with Crippen molar-refractivity contribution < 1.29 is 4.74 Å². The second-order valence-corrected chi connectivity index (χ2v) is 5.62. The summed E-state index contributed by atoms with van der Waals surface area (Å²) in [6, 6.07) is 9.31. The molecule has 0 bridgehead atoms. The van der Waals surface area contributed by atoms with E-state index in [1.165, 1.54) is 24.8 Å². The van der Waals surface area contributed by atoms with Gasteiger partial charge in [-0.1, -0.05) is 24.6 Å². The van der Waals surface area contributed by atoms with E-state index in [0.717, 1.165) is 18.7 Å². The molecule has 1 saturated carbocycles. The smallest absolute Gasteiger partial charge is 0.122 e. The van der Waals surface area contributed by atoms with Gasteiger partial charge >= 0.3 is 0 Å². The van der Waals surface area contributed by atoms with Crippen molar-refractivity contribution in [3.05, 3.63) is 29.8 Å². The van der Waals surface area contributed by atoms with E-state index in [-0.39, 0.29) is 0 Å². The average Bonchev–Trinajstić information content (AvgIpc) is 2.86. The van der Waals surface area contributed by atoms with Crippen molar-refractivity contribution in [2.45, 2.75) is 44.7 Å². The number of para-hydroxylation sites is 1. The van der Waals surface area contributed by atoms with Crippen LogP contribution in [-0.2, 0) is 6.42 Å². The molecular weight excluding hydrogens is 236 g/mol. The van der Waals surface area contributed by atoms with Crippen molar-refractivity contribution in [1.29, 1.82) is 0 Å². The van der Waals surface area contributed by atoms with Crippen LogP contribution in [0, 0.1) is 5.92 Å². The Balaban J connectivity index is 1.92. The van der Waals surface area contributed by atoms with Crippen LogP contribution in [0.3, 0.4) is 0 Å². The normalized spacial score (nSPS) is 24.4. The summed E-state index contributed by atoms with van der Waals surface area (Å²) in [7, 11) is 1.73. The van der Waals surface area contributed by atoms with Gasteiger partial charge in [-0.15, -0.1) is 0 Å². The summed E-state index contributed by atoms with van der Waals surface area (Å²) in [5.41, 5.74) is 7.11. The van der Waals surface area contributed by atoms with Gasteiger partial charge in [0.15, 0.2) is 0 Å². The summed E-state index contributed by atoms with van der Waals surface area (Å²) in [5.74, 6) is 1.64. The molecule has 1 aliphatic rings. The van der Waals surface area contributed by atoms with Crippen molar-refractivity contribution in [3.8, 4) is 5.75 Å². The number of methoxy groups -OCH3 is 1. The van der Waals surface area contributed by atoms with Gasteiger partial charge in [-0.25, -0.2) is 0 Å². The Morgan fingerprint density at radius 2 is 2.16 bits per heavy atom. The van der Waals surface area contributed by atoms with Gasteiger partial charge in [0.2, 0.25) is 0 Å². The van der Waals surface area contributed by atoms with Crippen molar-refractivity contribution >= 4 is 0 Å². The van der Waals surface area contributed by atoms with Crippen molar-refractivity contribution in [3.63, 3.8) is 0 Å². The summed E-state index contributed by atoms with van der Waals surface area (Å²) in [6.45, 7) is 3.05. The number of hydrogen-bond acceptors (Lipinski definition) is 3. The summed E-state index contributed by atoms with van der Waals surface area (Å²) in [6.07, 6.45) is 4.84. The van der Waals surface area contributed by atoms with Crippen LogP contribution in [0.4, 0.5) is 0 Å². The highest BCUT2D eigenvalue weighted by Crippen LogP contribution is 2.26. The summed E-state index contributed by atoms with van der Waals surface area (Å²) >= 11 is 0. The molecule has 19 heavy (non-hydrogen) atoms. The van der Waals surface area contributed by atoms with Crippen LogP contribution in [0.1, 0.15) is 31.7 Å². The van der Waals surface area contributed by atoms with E-state index < -0.39 is 0 Å². The fraction of sp³-hybridized carbons (Fsp3) is 0.625. The van der Waals surface area contributed by atoms with Crippen molar-refractivity contribution in [1.82, 2.24) is 5.32 Å². The number of benzene rings is 1. The first-order valence-corrected chi connectivity index (χ1v) is 7.32. The fourth-order valence-electron chi connectivity index (χ4n) is 3.16. The topological polar surface area (TPSA) is 47.3 Å². The van der Waals surface area contributed by atoms with Crippen LogP contribution in [0.5, 0.6) is 5.75 Å². The van der Waals surface area contributed by atoms with E-state index in [1.54, 1.807) is 7.11 Å². The zero-order valence-electron chi connectivity index (χ0n) is 12.1. The SMILES string of the molecule is COc1ccccc1CC(C)NC1CCCC1CN. The maximum atomic E-state index is 5.84. The maximum absolute atomic E-state index is 5.84. The fourth-order valence-corrected chi connectivity index (χ4v) is 3.16. The number of nitrogens with two attached hydrogens (primary N) is 1. The quantitative estimate of drug-likeness (QED) is 0.827. The molecule has 2 rings (SSSR count). The Morgan fingerprint density at radius 1 is 1.37 bits per heavy atom. The molecule has 3 heteroatoms. The number of hydrogen-bond donors (Lipinski definition) is 2. The third kappa shape index (κ3) is 3.71. The van der Waals surface area contributed by atoms with Crippen molar-refractivity contribution in [2.75, 3.05) is 13.7 Å². The molecule has 1 aromatic rings. The number of nitrogens with one attached hydrogen (secondary N) is 1. The second kappa shape index (κ2) is 6.92. The van der Waals surface area contributed by atoms with E-state index in [1.807, 2.05) is 12.1 Å². The summed E-state index contributed by atoms with van der Waals surface area (Å²) in [5, 5.41) is 3.74. The van der Waals surface area contributed by atoms with Gasteiger partial charge in [0.25, 0.3) is 0 Å². The highest BCUT2D eigenvalue weighted by atomic mass is 16.5. The predicted molar refractivity (Wildman–Crippen MR) is 79.5 cm³/mol. The molecule has 0 saturated heterocycles. The average molecular weight is 262 g/mol. The van der Waals surface area contributed by atoms with E-state index in [2.05, 4.69) is 24.4 Å². The van der Waals surface area contributed by atoms with Gasteiger partial charge in [0, 0.05) is 12.1 Å². The maximum Gasteiger partial charge on any atom is 0.122 e. The standard InChI is InChI=1S/C16H26N2O/c1-12(18-15-8-5-7-14(15)11-17)10-13-6-3-4-9-16(13)19-2/h3-4,6,9,12,14-15,18H,5,7-8,10-11,17H2,1-2H3. The van der Waals surface area contributed by atoms with Gasteiger partial charge in [-0.05, 0) is 50.3 Å². The molecule has 3 unspecified atom stereocenters. The van der Waals surface area contributed by atoms with Crippen LogP contribution >= 0.6 is 0 Å². The Morgan fingerprint density at radius 3 is 2.89 bits per heavy atom. The first kappa shape index (κ1) is 14.4. The van der Waals surface area contributed by atoms with Crippen molar-refractivity contribution in [2.24, 2.45) is 11.7 Å². The monoisotopic (exact) mass is 262 g/mol. The molecule has 0 aliphatic heterocycles. The highest BCUT2D eigenvalue weighted by Gasteiger charge is 2.26. The molecule has 1 aromatic carbocycles. The number of rotatable bonds is 6. The molecule has 0 aromatic heterocycles. The molecule has 3 N–H and O–H groups in total. The zero-order chi connectivity index (χ0) is 13.7. The van der Waals surface area contributed by atoms with E-state index >= 15 is 0 Å². The molecule has 0 spiro atoms. The molecule has 0 heterocycles. The van der Waals surface area contributed by atoms with Crippen LogP contribution in [-0.4, -0.2) is 25.7 Å². The van der Waals surface area contributed by atoms with Crippen LogP contribution < -0.4 is 15.8 Å². The van der Waals surface area contributed by atoms with Crippen LogP contribution in [0.15, 0.2) is 24.3 Å². The van der Waals surface area contributed by atoms with Gasteiger partial charge in [-0.3, -0.25) is 0 Å². The first-order chi connectivity index (χ1) is 9.24. The lowest BCUT2D eigenvalue weighted by Gasteiger charge is -2.24. The first-order valence-electron chi connectivity index (χ1n) is 7.32. The number of ether oxygens (including phenoxy) is 1. The molecule has 0 amide bonds. The Labute approximate surface area is 116 Å². The lowest BCUT2D eigenvalue weighted by atomic mass is 10.0. The highest BCUT2D eigenvalue weighted by molar-refractivity contribution is 5.33. The molecule has 1 fully saturated rings.